The van der Waals surface area contributed by atoms with Gasteiger partial charge in [0.25, 0.3) is 0 Å². The van der Waals surface area contributed by atoms with E-state index in [2.05, 4.69) is 20.3 Å². The van der Waals surface area contributed by atoms with Crippen LogP contribution in [0.2, 0.25) is 5.02 Å². The molecule has 9 heteroatoms. The summed E-state index contributed by atoms with van der Waals surface area (Å²) < 4.78 is 13.2. The normalized spacial score (nSPS) is 10.7. The summed E-state index contributed by atoms with van der Waals surface area (Å²) in [4.78, 5) is 39.2. The van der Waals surface area contributed by atoms with Crippen molar-refractivity contribution < 1.29 is 14.0 Å². The molecular weight excluding hydrogens is 433 g/mol. The third-order valence-corrected chi connectivity index (χ3v) is 4.99. The molecule has 0 saturated carbocycles. The van der Waals surface area contributed by atoms with Gasteiger partial charge in [0, 0.05) is 36.1 Å². The van der Waals surface area contributed by atoms with E-state index in [1.807, 2.05) is 6.07 Å². The van der Waals surface area contributed by atoms with Crippen LogP contribution in [0.4, 0.5) is 21.6 Å². The van der Waals surface area contributed by atoms with Crippen LogP contribution < -0.4 is 10.2 Å². The van der Waals surface area contributed by atoms with Crippen molar-refractivity contribution in [1.29, 1.82) is 0 Å². The smallest absolute Gasteiger partial charge is 0.229 e. The molecule has 160 valence electrons. The Morgan fingerprint density at radius 2 is 1.88 bits per heavy atom. The molecule has 3 heterocycles. The fourth-order valence-corrected chi connectivity index (χ4v) is 3.44. The summed E-state index contributed by atoms with van der Waals surface area (Å²) in [5, 5.41) is 2.93. The van der Waals surface area contributed by atoms with E-state index in [9.17, 15) is 14.0 Å². The first-order valence-electron chi connectivity index (χ1n) is 9.62. The molecule has 0 aliphatic rings. The summed E-state index contributed by atoms with van der Waals surface area (Å²) in [6.07, 6.45) is 4.66. The van der Waals surface area contributed by atoms with Crippen molar-refractivity contribution in [3.05, 3.63) is 83.5 Å². The van der Waals surface area contributed by atoms with Crippen LogP contribution in [0, 0.1) is 5.82 Å². The van der Waals surface area contributed by atoms with Crippen LogP contribution in [0.3, 0.4) is 0 Å². The fourth-order valence-electron chi connectivity index (χ4n) is 3.20. The number of benzene rings is 1. The molecule has 0 fully saturated rings. The quantitative estimate of drug-likeness (QED) is 0.477. The first-order valence-corrected chi connectivity index (χ1v) is 10.00. The van der Waals surface area contributed by atoms with Gasteiger partial charge in [-0.2, -0.15) is 0 Å². The third-order valence-electron chi connectivity index (χ3n) is 4.63. The number of halogens is 2. The number of amides is 2. The number of carbonyl (C=O) groups is 2. The lowest BCUT2D eigenvalue weighted by molar-refractivity contribution is -0.116. The van der Waals surface area contributed by atoms with Gasteiger partial charge in [0.2, 0.25) is 11.8 Å². The molecule has 4 aromatic rings. The van der Waals surface area contributed by atoms with E-state index in [1.54, 1.807) is 36.7 Å². The molecule has 0 radical (unpaired) electrons. The highest BCUT2D eigenvalue weighted by molar-refractivity contribution is 6.31. The minimum Gasteiger partial charge on any atom is -0.326 e. The van der Waals surface area contributed by atoms with E-state index in [0.29, 0.717) is 33.8 Å². The van der Waals surface area contributed by atoms with E-state index in [0.717, 1.165) is 6.07 Å². The zero-order valence-corrected chi connectivity index (χ0v) is 17.7. The summed E-state index contributed by atoms with van der Waals surface area (Å²) in [5.41, 5.74) is 2.78. The second kappa shape index (κ2) is 9.07. The third kappa shape index (κ3) is 4.70. The molecule has 1 aromatic carbocycles. The van der Waals surface area contributed by atoms with Gasteiger partial charge in [-0.25, -0.2) is 9.37 Å². The zero-order chi connectivity index (χ0) is 22.7. The summed E-state index contributed by atoms with van der Waals surface area (Å²) in [5.74, 6) is -0.786. The summed E-state index contributed by atoms with van der Waals surface area (Å²) in [6.45, 7) is 1.41. The molecule has 2 amide bonds. The highest BCUT2D eigenvalue weighted by Gasteiger charge is 2.18. The second-order valence-electron chi connectivity index (χ2n) is 6.95. The molecule has 3 aromatic heterocycles. The van der Waals surface area contributed by atoms with Crippen LogP contribution >= 0.6 is 11.6 Å². The molecule has 0 unspecified atom stereocenters. The number of carbonyl (C=O) groups excluding carboxylic acids is 2. The van der Waals surface area contributed by atoms with Crippen LogP contribution in [-0.4, -0.2) is 26.8 Å². The number of hydrogen-bond acceptors (Lipinski definition) is 5. The molecule has 0 aliphatic heterocycles. The van der Waals surface area contributed by atoms with Crippen molar-refractivity contribution in [3.63, 3.8) is 0 Å². The number of fused-ring (bicyclic) bond motifs is 1. The van der Waals surface area contributed by atoms with Gasteiger partial charge in [-0.3, -0.25) is 24.5 Å². The molecule has 4 rings (SSSR count). The van der Waals surface area contributed by atoms with Gasteiger partial charge < -0.3 is 5.32 Å². The Labute approximate surface area is 187 Å². The summed E-state index contributed by atoms with van der Waals surface area (Å²) in [7, 11) is 0. The van der Waals surface area contributed by atoms with Crippen molar-refractivity contribution in [2.75, 3.05) is 10.2 Å². The number of nitrogens with one attached hydrogen (secondary N) is 1. The van der Waals surface area contributed by atoms with Gasteiger partial charge in [0.05, 0.1) is 29.3 Å². The second-order valence-corrected chi connectivity index (χ2v) is 7.36. The molecule has 0 saturated heterocycles. The Balaban J connectivity index is 1.58. The van der Waals surface area contributed by atoms with E-state index >= 15 is 0 Å². The lowest BCUT2D eigenvalue weighted by Crippen LogP contribution is -2.24. The van der Waals surface area contributed by atoms with Crippen LogP contribution in [0.1, 0.15) is 12.5 Å². The Bertz CT molecular complexity index is 1330. The Kier molecular flexibility index (Phi) is 6.04. The minimum absolute atomic E-state index is 0.0343. The number of rotatable bonds is 5. The number of aromatic nitrogens is 3. The molecule has 0 spiro atoms. The Hall–Kier alpha value is -3.91. The van der Waals surface area contributed by atoms with Gasteiger partial charge in [-0.1, -0.05) is 17.7 Å². The first kappa shape index (κ1) is 21.3. The average Bonchev–Trinajstić information content (AvgIpc) is 2.76. The Morgan fingerprint density at radius 1 is 1.03 bits per heavy atom. The van der Waals surface area contributed by atoms with Crippen molar-refractivity contribution >= 4 is 51.6 Å². The van der Waals surface area contributed by atoms with E-state index < -0.39 is 5.82 Å². The van der Waals surface area contributed by atoms with Gasteiger partial charge in [-0.05, 0) is 42.0 Å². The molecule has 0 atom stereocenters. The maximum absolute atomic E-state index is 13.2. The zero-order valence-electron chi connectivity index (χ0n) is 16.9. The van der Waals surface area contributed by atoms with Gasteiger partial charge >= 0.3 is 0 Å². The van der Waals surface area contributed by atoms with Crippen molar-refractivity contribution in [2.45, 2.75) is 13.3 Å². The monoisotopic (exact) mass is 449 g/mol. The predicted octanol–water partition coefficient (Wildman–Crippen LogP) is 4.68. The maximum atomic E-state index is 13.2. The SMILES string of the molecule is CC(=O)N(c1cnc2cccnc2c1)c1cc(NC(=O)Cc2ccc(F)cc2Cl)ccn1. The largest absolute Gasteiger partial charge is 0.326 e. The average molecular weight is 450 g/mol. The number of anilines is 3. The number of hydrogen-bond donors (Lipinski definition) is 1. The van der Waals surface area contributed by atoms with Crippen LogP contribution in [-0.2, 0) is 16.0 Å². The van der Waals surface area contributed by atoms with Gasteiger partial charge in [-0.15, -0.1) is 0 Å². The molecule has 0 aliphatic carbocycles. The van der Waals surface area contributed by atoms with Crippen molar-refractivity contribution in [1.82, 2.24) is 15.0 Å². The first-order chi connectivity index (χ1) is 15.4. The minimum atomic E-state index is -0.472. The van der Waals surface area contributed by atoms with Gasteiger partial charge in [0.15, 0.2) is 0 Å². The topological polar surface area (TPSA) is 88.1 Å². The van der Waals surface area contributed by atoms with E-state index in [4.69, 9.17) is 11.6 Å². The molecule has 0 bridgehead atoms. The molecule has 1 N–H and O–H groups in total. The fraction of sp³-hybridized carbons (Fsp3) is 0.0870. The highest BCUT2D eigenvalue weighted by Crippen LogP contribution is 2.27. The van der Waals surface area contributed by atoms with Crippen molar-refractivity contribution in [3.8, 4) is 0 Å². The number of nitrogens with zero attached hydrogens (tertiary/aromatic N) is 4. The van der Waals surface area contributed by atoms with Crippen LogP contribution in [0.15, 0.2) is 67.1 Å². The standard InChI is InChI=1S/C23H17ClFN5O2/c1-14(31)30(18-12-21-20(28-13-18)3-2-7-26-21)22-11-17(6-8-27-22)29-23(32)9-15-4-5-16(25)10-19(15)24/h2-8,10-13H,9H2,1H3,(H,27,29,32). The van der Waals surface area contributed by atoms with Gasteiger partial charge in [0.1, 0.15) is 11.6 Å². The Morgan fingerprint density at radius 3 is 2.66 bits per heavy atom. The number of pyridine rings is 3. The summed E-state index contributed by atoms with van der Waals surface area (Å²) in [6, 6.07) is 12.4. The van der Waals surface area contributed by atoms with Crippen LogP contribution in [0.5, 0.6) is 0 Å². The maximum Gasteiger partial charge on any atom is 0.229 e. The molecule has 7 nitrogen and oxygen atoms in total. The lowest BCUT2D eigenvalue weighted by Gasteiger charge is -2.20. The van der Waals surface area contributed by atoms with E-state index in [1.165, 1.54) is 30.2 Å². The molecule has 32 heavy (non-hydrogen) atoms. The lowest BCUT2D eigenvalue weighted by atomic mass is 10.1. The predicted molar refractivity (Wildman–Crippen MR) is 120 cm³/mol. The summed E-state index contributed by atoms with van der Waals surface area (Å²) >= 11 is 6.00. The molecular formula is C23H17ClFN5O2. The van der Waals surface area contributed by atoms with Crippen LogP contribution in [0.25, 0.3) is 11.0 Å². The van der Waals surface area contributed by atoms with Crippen molar-refractivity contribution in [2.24, 2.45) is 0 Å². The van der Waals surface area contributed by atoms with E-state index in [-0.39, 0.29) is 23.3 Å². The highest BCUT2D eigenvalue weighted by atomic mass is 35.5.